The molecule has 1 aromatic heterocycles. The lowest BCUT2D eigenvalue weighted by atomic mass is 9.96. The molecule has 1 heterocycles. The van der Waals surface area contributed by atoms with Gasteiger partial charge in [-0.25, -0.2) is 14.4 Å². The molecule has 9 nitrogen and oxygen atoms in total. The van der Waals surface area contributed by atoms with Crippen LogP contribution in [0.2, 0.25) is 0 Å². The minimum absolute atomic E-state index is 0.0634. The second kappa shape index (κ2) is 17.2. The van der Waals surface area contributed by atoms with Crippen molar-refractivity contribution < 1.29 is 32.2 Å². The van der Waals surface area contributed by atoms with Crippen LogP contribution >= 0.6 is 29.9 Å². The summed E-state index contributed by atoms with van der Waals surface area (Å²) >= 11 is 16.8. The smallest absolute Gasteiger partial charge is 0.380 e. The molecular formula is C35H41Cl2FN3O6PS. The van der Waals surface area contributed by atoms with E-state index in [1.54, 1.807) is 42.7 Å². The lowest BCUT2D eigenvalue weighted by Gasteiger charge is -2.23. The topological polar surface area (TPSA) is 113 Å². The third-order valence-electron chi connectivity index (χ3n) is 7.19. The number of ether oxygens (including phenoxy) is 2. The van der Waals surface area contributed by atoms with Gasteiger partial charge in [0.05, 0.1) is 31.0 Å². The highest BCUT2D eigenvalue weighted by molar-refractivity contribution is 8.07. The Morgan fingerprint density at radius 3 is 2.29 bits per heavy atom. The Balaban J connectivity index is 0.000000286. The van der Waals surface area contributed by atoms with Crippen LogP contribution in [-0.4, -0.2) is 28.6 Å². The van der Waals surface area contributed by atoms with E-state index in [-0.39, 0.29) is 33.1 Å². The first-order chi connectivity index (χ1) is 22.9. The quantitative estimate of drug-likeness (QED) is 0.131. The van der Waals surface area contributed by atoms with Crippen molar-refractivity contribution in [3.8, 4) is 23.3 Å². The number of allylic oxidation sites excluding steroid dienone is 1. The van der Waals surface area contributed by atoms with Gasteiger partial charge in [0, 0.05) is 22.8 Å². The summed E-state index contributed by atoms with van der Waals surface area (Å²) in [4.78, 5) is 21.2. The number of hydrogen-bond donors (Lipinski definition) is 0. The average Bonchev–Trinajstić information content (AvgIpc) is 3.55. The van der Waals surface area contributed by atoms with Crippen molar-refractivity contribution in [3.63, 3.8) is 0 Å². The Bertz CT molecular complexity index is 1690. The molecule has 1 saturated carbocycles. The SMILES string of the molecule is CC1(C)C(C=C(Cl)Cl)C1C(=O)OC(C#N)c1ccc(F)c(Oc2ccccc2)c1.CCOP(=S)(Oc1cnc(C(C)(C)C)nc1)OC(C)C. The van der Waals surface area contributed by atoms with E-state index < -0.39 is 30.5 Å². The fourth-order valence-corrected chi connectivity index (χ4v) is 7.39. The summed E-state index contributed by atoms with van der Waals surface area (Å²) in [7, 11) is 0. The summed E-state index contributed by atoms with van der Waals surface area (Å²) < 4.78 is 41.9. The van der Waals surface area contributed by atoms with Gasteiger partial charge < -0.3 is 14.0 Å². The van der Waals surface area contributed by atoms with Crippen LogP contribution in [0.5, 0.6) is 17.2 Å². The van der Waals surface area contributed by atoms with E-state index in [2.05, 4.69) is 30.7 Å². The van der Waals surface area contributed by atoms with Gasteiger partial charge in [-0.1, -0.05) is 82.1 Å². The lowest BCUT2D eigenvalue weighted by molar-refractivity contribution is -0.149. The predicted octanol–water partition coefficient (Wildman–Crippen LogP) is 10.2. The Labute approximate surface area is 303 Å². The van der Waals surface area contributed by atoms with Gasteiger partial charge in [-0.3, -0.25) is 13.8 Å². The fraction of sp³-hybridized carbons (Fsp3) is 0.429. The van der Waals surface area contributed by atoms with Crippen LogP contribution in [0, 0.1) is 34.4 Å². The molecule has 49 heavy (non-hydrogen) atoms. The molecule has 2 aromatic carbocycles. The normalized spacial score (nSPS) is 18.1. The zero-order chi connectivity index (χ0) is 36.6. The number of carbonyl (C=O) groups is 1. The monoisotopic (exact) mass is 751 g/mol. The molecule has 4 rings (SSSR count). The van der Waals surface area contributed by atoms with Crippen LogP contribution in [0.25, 0.3) is 0 Å². The molecule has 264 valence electrons. The van der Waals surface area contributed by atoms with Crippen LogP contribution in [0.4, 0.5) is 4.39 Å². The summed E-state index contributed by atoms with van der Waals surface area (Å²) in [5, 5.41) is 9.51. The molecule has 0 aliphatic heterocycles. The van der Waals surface area contributed by atoms with Crippen LogP contribution < -0.4 is 9.26 Å². The third-order valence-corrected chi connectivity index (χ3v) is 9.93. The van der Waals surface area contributed by atoms with Crippen molar-refractivity contribution in [2.75, 3.05) is 6.61 Å². The molecule has 1 aliphatic carbocycles. The zero-order valence-corrected chi connectivity index (χ0v) is 31.9. The van der Waals surface area contributed by atoms with Gasteiger partial charge in [-0.15, -0.1) is 0 Å². The molecule has 0 amide bonds. The van der Waals surface area contributed by atoms with Crippen LogP contribution in [-0.2, 0) is 35.8 Å². The van der Waals surface area contributed by atoms with Crippen molar-refractivity contribution >= 4 is 47.7 Å². The van der Waals surface area contributed by atoms with Gasteiger partial charge >= 0.3 is 12.7 Å². The number of nitriles is 1. The Morgan fingerprint density at radius 2 is 1.76 bits per heavy atom. The summed E-state index contributed by atoms with van der Waals surface area (Å²) in [5.41, 5.74) is -0.169. The van der Waals surface area contributed by atoms with Gasteiger partial charge in [-0.2, -0.15) is 5.26 Å². The van der Waals surface area contributed by atoms with Gasteiger partial charge in [0.1, 0.15) is 22.1 Å². The number of para-hydroxylation sites is 1. The third kappa shape index (κ3) is 11.7. The Morgan fingerprint density at radius 1 is 1.12 bits per heavy atom. The van der Waals surface area contributed by atoms with Crippen molar-refractivity contribution in [1.82, 2.24) is 9.97 Å². The summed E-state index contributed by atoms with van der Waals surface area (Å²) in [6.45, 7) is 13.2. The van der Waals surface area contributed by atoms with Crippen LogP contribution in [0.1, 0.15) is 72.9 Å². The number of halogens is 3. The molecule has 0 N–H and O–H groups in total. The number of benzene rings is 2. The van der Waals surface area contributed by atoms with Gasteiger partial charge in [0.2, 0.25) is 6.10 Å². The van der Waals surface area contributed by atoms with E-state index in [1.807, 2.05) is 46.8 Å². The maximum absolute atomic E-state index is 14.2. The van der Waals surface area contributed by atoms with Crippen molar-refractivity contribution in [3.05, 3.63) is 88.7 Å². The van der Waals surface area contributed by atoms with E-state index in [0.717, 1.165) is 5.82 Å². The maximum atomic E-state index is 14.2. The number of carbonyl (C=O) groups excluding carboxylic acids is 1. The molecule has 14 heteroatoms. The van der Waals surface area contributed by atoms with E-state index in [4.69, 9.17) is 58.1 Å². The van der Waals surface area contributed by atoms with E-state index >= 15 is 0 Å². The van der Waals surface area contributed by atoms with Crippen molar-refractivity contribution in [2.45, 2.75) is 73.0 Å². The number of esters is 1. The molecule has 4 unspecified atom stereocenters. The maximum Gasteiger partial charge on any atom is 0.380 e. The molecule has 4 atom stereocenters. The number of aromatic nitrogens is 2. The largest absolute Gasteiger partial charge is 0.454 e. The summed E-state index contributed by atoms with van der Waals surface area (Å²) in [6, 6.07) is 14.5. The number of nitrogens with zero attached hydrogens (tertiary/aromatic N) is 3. The standard InChI is InChI=1S/C22H18Cl2FNO3.C13H23N2O3PS/c1-22(2)15(11-19(23)24)20(22)21(27)29-18(12-26)13-8-9-16(25)17(10-13)28-14-6-4-3-5-7-14;1-7-16-19(20,17-10(2)3)18-11-8-14-12(15-9-11)13(4,5)6/h3-11,15,18,20H,1-2H3;8-10H,7H2,1-6H3. The first-order valence-corrected chi connectivity index (χ1v) is 18.8. The highest BCUT2D eigenvalue weighted by Crippen LogP contribution is 2.60. The van der Waals surface area contributed by atoms with Crippen LogP contribution in [0.3, 0.4) is 0 Å². The van der Waals surface area contributed by atoms with E-state index in [0.29, 0.717) is 23.7 Å². The molecule has 0 radical (unpaired) electrons. The number of rotatable bonds is 12. The summed E-state index contributed by atoms with van der Waals surface area (Å²) in [6.07, 6.45) is 3.55. The fourth-order valence-electron chi connectivity index (χ4n) is 4.68. The first-order valence-electron chi connectivity index (χ1n) is 15.5. The van der Waals surface area contributed by atoms with Gasteiger partial charge in [0.15, 0.2) is 17.3 Å². The van der Waals surface area contributed by atoms with Crippen LogP contribution in [0.15, 0.2) is 71.5 Å². The first kappa shape index (κ1) is 40.3. The minimum Gasteiger partial charge on any atom is -0.454 e. The molecule has 0 bridgehead atoms. The summed E-state index contributed by atoms with van der Waals surface area (Å²) in [5.74, 6) is -0.170. The highest BCUT2D eigenvalue weighted by atomic mass is 35.5. The highest BCUT2D eigenvalue weighted by Gasteiger charge is 2.62. The number of hydrogen-bond acceptors (Lipinski definition) is 10. The van der Waals surface area contributed by atoms with Gasteiger partial charge in [-0.05, 0) is 62.4 Å². The second-order valence-corrected chi connectivity index (χ2v) is 16.8. The average molecular weight is 753 g/mol. The second-order valence-electron chi connectivity index (χ2n) is 12.9. The molecular weight excluding hydrogens is 711 g/mol. The zero-order valence-electron chi connectivity index (χ0n) is 28.6. The molecule has 1 aliphatic rings. The predicted molar refractivity (Wildman–Crippen MR) is 191 cm³/mol. The minimum atomic E-state index is -2.80. The molecule has 1 fully saturated rings. The molecule has 0 saturated heterocycles. The molecule has 3 aromatic rings. The van der Waals surface area contributed by atoms with E-state index in [9.17, 15) is 14.4 Å². The molecule has 0 spiro atoms. The van der Waals surface area contributed by atoms with Gasteiger partial charge in [0.25, 0.3) is 0 Å². The lowest BCUT2D eigenvalue weighted by Crippen LogP contribution is -2.15. The van der Waals surface area contributed by atoms with Crippen molar-refractivity contribution in [2.24, 2.45) is 17.3 Å². The Hall–Kier alpha value is -3.10. The van der Waals surface area contributed by atoms with E-state index in [1.165, 1.54) is 18.2 Å². The Kier molecular flexibility index (Phi) is 14.2. The van der Waals surface area contributed by atoms with Crippen molar-refractivity contribution in [1.29, 1.82) is 5.26 Å².